The zero-order chi connectivity index (χ0) is 12.7. The predicted molar refractivity (Wildman–Crippen MR) is 65.9 cm³/mol. The van der Waals surface area contributed by atoms with Crippen molar-refractivity contribution in [3.8, 4) is 0 Å². The van der Waals surface area contributed by atoms with E-state index in [0.717, 1.165) is 13.0 Å². The van der Waals surface area contributed by atoms with Gasteiger partial charge in [0.1, 0.15) is 0 Å². The molecule has 0 aliphatic rings. The molecule has 0 radical (unpaired) electrons. The third-order valence-corrected chi connectivity index (χ3v) is 1.96. The van der Waals surface area contributed by atoms with E-state index in [-0.39, 0.29) is 17.6 Å². The molecule has 0 spiro atoms. The molecule has 1 amide bonds. The van der Waals surface area contributed by atoms with E-state index in [1.54, 1.807) is 0 Å². The fourth-order valence-electron chi connectivity index (χ4n) is 1.04. The highest BCUT2D eigenvalue weighted by Crippen LogP contribution is 2.09. The average Bonchev–Trinajstić information content (AvgIpc) is 2.25. The van der Waals surface area contributed by atoms with E-state index in [0.29, 0.717) is 18.4 Å². The summed E-state index contributed by atoms with van der Waals surface area (Å²) in [6.45, 7) is 3.14. The summed E-state index contributed by atoms with van der Waals surface area (Å²) in [7, 11) is 0. The lowest BCUT2D eigenvalue weighted by Gasteiger charge is -2.06. The second-order valence-electron chi connectivity index (χ2n) is 3.32. The summed E-state index contributed by atoms with van der Waals surface area (Å²) in [5, 5.41) is 5.94. The van der Waals surface area contributed by atoms with Gasteiger partial charge in [-0.05, 0) is 18.0 Å². The number of nitrogens with two attached hydrogens (primary N) is 1. The summed E-state index contributed by atoms with van der Waals surface area (Å²) in [6, 6.07) is 0. The van der Waals surface area contributed by atoms with Gasteiger partial charge in [0.15, 0.2) is 0 Å². The van der Waals surface area contributed by atoms with Crippen LogP contribution in [0.2, 0.25) is 5.28 Å². The van der Waals surface area contributed by atoms with Crippen LogP contribution < -0.4 is 16.4 Å². The lowest BCUT2D eigenvalue weighted by atomic mass is 10.4. The van der Waals surface area contributed by atoms with E-state index in [1.807, 2.05) is 6.92 Å². The molecule has 1 aromatic rings. The van der Waals surface area contributed by atoms with Gasteiger partial charge >= 0.3 is 0 Å². The maximum atomic E-state index is 10.6. The summed E-state index contributed by atoms with van der Waals surface area (Å²) < 4.78 is 0. The second-order valence-corrected chi connectivity index (χ2v) is 3.66. The van der Waals surface area contributed by atoms with Crippen molar-refractivity contribution in [2.45, 2.75) is 19.8 Å². The minimum absolute atomic E-state index is 0.0974. The van der Waals surface area contributed by atoms with Crippen LogP contribution >= 0.6 is 11.6 Å². The molecule has 94 valence electrons. The van der Waals surface area contributed by atoms with Gasteiger partial charge in [-0.15, -0.1) is 0 Å². The van der Waals surface area contributed by atoms with Gasteiger partial charge in [-0.2, -0.15) is 15.0 Å². The number of nitrogens with zero attached hydrogens (tertiary/aromatic N) is 3. The Kier molecular flexibility index (Phi) is 5.41. The number of nitrogens with one attached hydrogen (secondary N) is 2. The van der Waals surface area contributed by atoms with Crippen molar-refractivity contribution >= 4 is 29.4 Å². The third kappa shape index (κ3) is 5.30. The Morgan fingerprint density at radius 1 is 1.24 bits per heavy atom. The Hall–Kier alpha value is -1.63. The number of rotatable bonds is 7. The first-order valence-corrected chi connectivity index (χ1v) is 5.67. The molecule has 7 nitrogen and oxygen atoms in total. The molecule has 17 heavy (non-hydrogen) atoms. The molecule has 1 aromatic heterocycles. The van der Waals surface area contributed by atoms with Gasteiger partial charge in [-0.3, -0.25) is 4.79 Å². The van der Waals surface area contributed by atoms with Crippen LogP contribution in [-0.2, 0) is 4.79 Å². The maximum absolute atomic E-state index is 10.6. The number of amides is 1. The van der Waals surface area contributed by atoms with Crippen LogP contribution in [0.15, 0.2) is 0 Å². The van der Waals surface area contributed by atoms with Crippen LogP contribution in [0.1, 0.15) is 19.8 Å². The Bertz CT molecular complexity index is 386. The Labute approximate surface area is 104 Å². The number of hydrogen-bond donors (Lipinski definition) is 3. The van der Waals surface area contributed by atoms with Crippen molar-refractivity contribution in [3.05, 3.63) is 5.28 Å². The minimum atomic E-state index is -0.387. The smallest absolute Gasteiger partial charge is 0.228 e. The van der Waals surface area contributed by atoms with Crippen LogP contribution in [0.4, 0.5) is 11.9 Å². The number of halogens is 1. The fourth-order valence-corrected chi connectivity index (χ4v) is 1.20. The molecule has 0 bridgehead atoms. The zero-order valence-electron chi connectivity index (χ0n) is 9.53. The predicted octanol–water partition coefficient (Wildman–Crippen LogP) is 0.634. The van der Waals surface area contributed by atoms with E-state index in [9.17, 15) is 4.79 Å². The highest BCUT2D eigenvalue weighted by atomic mass is 35.5. The van der Waals surface area contributed by atoms with Gasteiger partial charge in [0.2, 0.25) is 23.1 Å². The standard InChI is InChI=1S/C9H15ClN6O/c1-2-4-12-8-14-7(10)15-9(16-8)13-5-3-6(11)17/h2-5H2,1H3,(H2,11,17)(H2,12,13,14,15,16). The summed E-state index contributed by atoms with van der Waals surface area (Å²) in [5.74, 6) is 0.347. The van der Waals surface area contributed by atoms with Gasteiger partial charge in [0.05, 0.1) is 0 Å². The average molecular weight is 259 g/mol. The Morgan fingerprint density at radius 2 is 1.82 bits per heavy atom. The van der Waals surface area contributed by atoms with Crippen LogP contribution in [0.3, 0.4) is 0 Å². The van der Waals surface area contributed by atoms with Gasteiger partial charge in [0.25, 0.3) is 0 Å². The molecule has 0 unspecified atom stereocenters. The quantitative estimate of drug-likeness (QED) is 0.663. The summed E-state index contributed by atoms with van der Waals surface area (Å²) in [4.78, 5) is 22.4. The SMILES string of the molecule is CCCNc1nc(Cl)nc(NCCC(N)=O)n1. The number of hydrogen-bond acceptors (Lipinski definition) is 6. The first-order valence-electron chi connectivity index (χ1n) is 5.29. The second kappa shape index (κ2) is 6.85. The number of primary amides is 1. The molecular formula is C9H15ClN6O. The molecule has 8 heteroatoms. The lowest BCUT2D eigenvalue weighted by Crippen LogP contribution is -2.17. The first-order chi connectivity index (χ1) is 8.11. The Balaban J connectivity index is 2.58. The summed E-state index contributed by atoms with van der Waals surface area (Å²) in [6.07, 6.45) is 1.16. The molecule has 1 heterocycles. The van der Waals surface area contributed by atoms with Gasteiger partial charge in [-0.25, -0.2) is 0 Å². The molecule has 0 aliphatic carbocycles. The largest absolute Gasteiger partial charge is 0.370 e. The van der Waals surface area contributed by atoms with Crippen LogP contribution in [0.5, 0.6) is 0 Å². The Morgan fingerprint density at radius 3 is 2.35 bits per heavy atom. The molecule has 4 N–H and O–H groups in total. The third-order valence-electron chi connectivity index (χ3n) is 1.80. The van der Waals surface area contributed by atoms with Crippen molar-refractivity contribution in [2.24, 2.45) is 5.73 Å². The zero-order valence-corrected chi connectivity index (χ0v) is 10.3. The van der Waals surface area contributed by atoms with Gasteiger partial charge < -0.3 is 16.4 Å². The molecule has 0 atom stereocenters. The molecule has 0 fully saturated rings. The van der Waals surface area contributed by atoms with Crippen molar-refractivity contribution in [1.29, 1.82) is 0 Å². The highest BCUT2D eigenvalue weighted by Gasteiger charge is 2.04. The van der Waals surface area contributed by atoms with E-state index < -0.39 is 0 Å². The maximum Gasteiger partial charge on any atom is 0.228 e. The summed E-state index contributed by atoms with van der Waals surface area (Å²) in [5.41, 5.74) is 5.01. The molecule has 0 saturated carbocycles. The van der Waals surface area contributed by atoms with Crippen molar-refractivity contribution in [1.82, 2.24) is 15.0 Å². The van der Waals surface area contributed by atoms with Gasteiger partial charge in [-0.1, -0.05) is 6.92 Å². The van der Waals surface area contributed by atoms with Crippen LogP contribution in [-0.4, -0.2) is 33.9 Å². The van der Waals surface area contributed by atoms with Crippen LogP contribution in [0, 0.1) is 0 Å². The monoisotopic (exact) mass is 258 g/mol. The van der Waals surface area contributed by atoms with Gasteiger partial charge in [0, 0.05) is 19.5 Å². The van der Waals surface area contributed by atoms with E-state index >= 15 is 0 Å². The minimum Gasteiger partial charge on any atom is -0.370 e. The van der Waals surface area contributed by atoms with E-state index in [2.05, 4.69) is 25.6 Å². The lowest BCUT2D eigenvalue weighted by molar-refractivity contribution is -0.117. The normalized spacial score (nSPS) is 10.0. The summed E-state index contributed by atoms with van der Waals surface area (Å²) >= 11 is 5.74. The number of carbonyl (C=O) groups excluding carboxylic acids is 1. The highest BCUT2D eigenvalue weighted by molar-refractivity contribution is 6.28. The van der Waals surface area contributed by atoms with E-state index in [4.69, 9.17) is 17.3 Å². The molecule has 0 aliphatic heterocycles. The van der Waals surface area contributed by atoms with Crippen molar-refractivity contribution in [3.63, 3.8) is 0 Å². The van der Waals surface area contributed by atoms with Crippen molar-refractivity contribution < 1.29 is 4.79 Å². The topological polar surface area (TPSA) is 106 Å². The molecule has 1 rings (SSSR count). The van der Waals surface area contributed by atoms with Crippen molar-refractivity contribution in [2.75, 3.05) is 23.7 Å². The molecular weight excluding hydrogens is 244 g/mol. The molecule has 0 aromatic carbocycles. The van der Waals surface area contributed by atoms with E-state index in [1.165, 1.54) is 0 Å². The number of carbonyl (C=O) groups is 1. The number of anilines is 2. The van der Waals surface area contributed by atoms with Crippen LogP contribution in [0.25, 0.3) is 0 Å². The number of aromatic nitrogens is 3. The molecule has 0 saturated heterocycles. The fraction of sp³-hybridized carbons (Fsp3) is 0.556. The first kappa shape index (κ1) is 13.4.